The number of anilines is 2. The van der Waals surface area contributed by atoms with E-state index in [1.165, 1.54) is 48.5 Å². The van der Waals surface area contributed by atoms with E-state index in [4.69, 9.17) is 23.2 Å². The van der Waals surface area contributed by atoms with Gasteiger partial charge in [0.05, 0.1) is 0 Å². The maximum atomic E-state index is 12.5. The molecule has 0 aliphatic rings. The van der Waals surface area contributed by atoms with Gasteiger partial charge in [-0.1, -0.05) is 0 Å². The molecule has 0 saturated carbocycles. The molecular weight excluding hydrogens is 673 g/mol. The number of nitrogens with one attached hydrogen (secondary N) is 2. The summed E-state index contributed by atoms with van der Waals surface area (Å²) in [6.07, 6.45) is 0. The topological polar surface area (TPSA) is 92.3 Å². The Balaban J connectivity index is 1.33. The number of rotatable bonds is 9. The van der Waals surface area contributed by atoms with Gasteiger partial charge >= 0.3 is 233 Å². The van der Waals surface area contributed by atoms with Crippen LogP contribution in [0.1, 0.15) is 0 Å². The van der Waals surface area contributed by atoms with Crippen molar-refractivity contribution in [2.45, 2.75) is 9.79 Å². The van der Waals surface area contributed by atoms with E-state index in [0.29, 0.717) is 21.4 Å². The van der Waals surface area contributed by atoms with Crippen LogP contribution in [0, 0.1) is 0 Å². The minimum atomic E-state index is -3.69. The molecule has 12 heteroatoms. The molecule has 4 rings (SSSR count). The first kappa shape index (κ1) is 27.0. The van der Waals surface area contributed by atoms with Gasteiger partial charge in [-0.05, 0) is 0 Å². The van der Waals surface area contributed by atoms with Gasteiger partial charge in [-0.2, -0.15) is 0 Å². The van der Waals surface area contributed by atoms with E-state index in [9.17, 15) is 16.8 Å². The summed E-state index contributed by atoms with van der Waals surface area (Å²) in [7, 11) is -7.38. The van der Waals surface area contributed by atoms with Crippen LogP contribution in [0.4, 0.5) is 11.4 Å². The van der Waals surface area contributed by atoms with Gasteiger partial charge in [0.15, 0.2) is 0 Å². The van der Waals surface area contributed by atoms with Crippen molar-refractivity contribution in [3.8, 4) is 0 Å². The SMILES string of the molecule is O=S(=O)(Nc1ccc([Se][Se]c2ccc(NS(=O)(=O)c3ccc(Cl)cc3)cc2)cc1)c1ccc(Cl)cc1. The second-order valence-electron chi connectivity index (χ2n) is 7.33. The maximum absolute atomic E-state index is 12.5. The van der Waals surface area contributed by atoms with Crippen LogP contribution in [0.15, 0.2) is 107 Å². The average molecular weight is 691 g/mol. The molecule has 0 amide bonds. The summed E-state index contributed by atoms with van der Waals surface area (Å²) in [5.74, 6) is 0. The minimum absolute atomic E-state index is 0.141. The third-order valence-corrected chi connectivity index (χ3v) is 15.2. The van der Waals surface area contributed by atoms with Crippen molar-refractivity contribution in [2.24, 2.45) is 0 Å². The third kappa shape index (κ3) is 7.28. The Hall–Kier alpha value is -2.00. The van der Waals surface area contributed by atoms with Crippen molar-refractivity contribution in [3.63, 3.8) is 0 Å². The second kappa shape index (κ2) is 11.6. The Morgan fingerprint density at radius 2 is 0.778 bits per heavy atom. The van der Waals surface area contributed by atoms with Gasteiger partial charge in [0.1, 0.15) is 0 Å². The molecule has 0 aromatic heterocycles. The molecule has 0 spiro atoms. The van der Waals surface area contributed by atoms with E-state index in [0.717, 1.165) is 8.92 Å². The molecule has 2 N–H and O–H groups in total. The van der Waals surface area contributed by atoms with E-state index in [1.807, 2.05) is 24.3 Å². The van der Waals surface area contributed by atoms with Crippen molar-refractivity contribution in [1.82, 2.24) is 0 Å². The van der Waals surface area contributed by atoms with E-state index in [-0.39, 0.29) is 36.1 Å². The summed E-state index contributed by atoms with van der Waals surface area (Å²) in [5.41, 5.74) is 0.962. The van der Waals surface area contributed by atoms with Crippen LogP contribution in [0.3, 0.4) is 0 Å². The van der Waals surface area contributed by atoms with Crippen molar-refractivity contribution in [2.75, 3.05) is 9.44 Å². The Morgan fingerprint density at radius 3 is 1.08 bits per heavy atom. The Kier molecular flexibility index (Phi) is 8.71. The molecule has 0 radical (unpaired) electrons. The van der Waals surface area contributed by atoms with E-state index >= 15 is 0 Å². The molecule has 0 atom stereocenters. The van der Waals surface area contributed by atoms with Gasteiger partial charge < -0.3 is 0 Å². The normalized spacial score (nSPS) is 11.7. The predicted molar refractivity (Wildman–Crippen MR) is 148 cm³/mol. The van der Waals surface area contributed by atoms with Gasteiger partial charge in [0, 0.05) is 0 Å². The summed E-state index contributed by atoms with van der Waals surface area (Å²) >= 11 is 12.0. The molecule has 4 aromatic carbocycles. The summed E-state index contributed by atoms with van der Waals surface area (Å²) in [6, 6.07) is 26.6. The van der Waals surface area contributed by atoms with Crippen LogP contribution in [-0.2, 0) is 20.0 Å². The average Bonchev–Trinajstić information content (AvgIpc) is 2.85. The Morgan fingerprint density at radius 1 is 0.472 bits per heavy atom. The van der Waals surface area contributed by atoms with Gasteiger partial charge in [0.25, 0.3) is 0 Å². The van der Waals surface area contributed by atoms with Crippen LogP contribution in [0.2, 0.25) is 10.0 Å². The van der Waals surface area contributed by atoms with Crippen molar-refractivity contribution in [1.29, 1.82) is 0 Å². The fourth-order valence-electron chi connectivity index (χ4n) is 2.91. The first-order valence-corrected chi connectivity index (χ1v) is 20.0. The molecular formula is C24H18Cl2N2O4S2Se2. The number of halogens is 2. The van der Waals surface area contributed by atoms with Crippen LogP contribution in [0.5, 0.6) is 0 Å². The van der Waals surface area contributed by atoms with E-state index < -0.39 is 20.0 Å². The fraction of sp³-hybridized carbons (Fsp3) is 0. The van der Waals surface area contributed by atoms with E-state index in [2.05, 4.69) is 9.44 Å². The monoisotopic (exact) mass is 692 g/mol. The summed E-state index contributed by atoms with van der Waals surface area (Å²) in [6.45, 7) is 0. The summed E-state index contributed by atoms with van der Waals surface area (Å²) in [5, 5.41) is 0.938. The van der Waals surface area contributed by atoms with Crippen LogP contribution < -0.4 is 18.4 Å². The molecule has 0 aliphatic carbocycles. The van der Waals surface area contributed by atoms with Crippen molar-refractivity contribution < 1.29 is 16.8 Å². The summed E-state index contributed by atoms with van der Waals surface area (Å²) in [4.78, 5) is 0.282. The molecule has 0 fully saturated rings. The number of benzene rings is 4. The predicted octanol–water partition coefficient (Wildman–Crippen LogP) is 3.87. The van der Waals surface area contributed by atoms with Crippen LogP contribution in [-0.4, -0.2) is 43.1 Å². The molecule has 36 heavy (non-hydrogen) atoms. The zero-order chi connectivity index (χ0) is 25.8. The van der Waals surface area contributed by atoms with Crippen molar-refractivity contribution >= 4 is 89.8 Å². The van der Waals surface area contributed by atoms with E-state index in [1.54, 1.807) is 24.3 Å². The second-order valence-corrected chi connectivity index (χ2v) is 17.9. The fourth-order valence-corrected chi connectivity index (χ4v) is 11.2. The number of hydrogen-bond donors (Lipinski definition) is 2. The van der Waals surface area contributed by atoms with Crippen molar-refractivity contribution in [3.05, 3.63) is 107 Å². The molecule has 0 bridgehead atoms. The zero-order valence-electron chi connectivity index (χ0n) is 18.3. The Bertz CT molecular complexity index is 1430. The summed E-state index contributed by atoms with van der Waals surface area (Å²) < 4.78 is 57.5. The molecule has 0 aliphatic heterocycles. The quantitative estimate of drug-likeness (QED) is 0.261. The molecule has 4 aromatic rings. The first-order chi connectivity index (χ1) is 17.1. The molecule has 186 valence electrons. The standard InChI is InChI=1S/C24H18Cl2N2O4S2Se2/c25-17-1-9-21(10-2-17)33(29,30)27-19-5-13-23(14-6-19)35-36-24-15-7-20(8-16-24)28-34(31,32)22-11-3-18(26)4-12-22/h1-16,27-28H. The molecule has 6 nitrogen and oxygen atoms in total. The molecule has 0 heterocycles. The number of hydrogen-bond acceptors (Lipinski definition) is 4. The van der Waals surface area contributed by atoms with Crippen LogP contribution >= 0.6 is 23.2 Å². The number of sulfonamides is 2. The first-order valence-electron chi connectivity index (χ1n) is 10.2. The third-order valence-electron chi connectivity index (χ3n) is 4.70. The Labute approximate surface area is 231 Å². The van der Waals surface area contributed by atoms with Gasteiger partial charge in [-0.3, -0.25) is 0 Å². The molecule has 0 unspecified atom stereocenters. The van der Waals surface area contributed by atoms with Gasteiger partial charge in [-0.25, -0.2) is 0 Å². The van der Waals surface area contributed by atoms with Gasteiger partial charge in [-0.15, -0.1) is 0 Å². The zero-order valence-corrected chi connectivity index (χ0v) is 24.8. The molecule has 0 saturated heterocycles. The van der Waals surface area contributed by atoms with Crippen LogP contribution in [0.25, 0.3) is 0 Å². The van der Waals surface area contributed by atoms with Gasteiger partial charge in [0.2, 0.25) is 0 Å².